The molecule has 0 spiro atoms. The second kappa shape index (κ2) is 8.66. The number of ether oxygens (including phenoxy) is 1. The minimum atomic E-state index is -1.000. The van der Waals surface area contributed by atoms with Crippen LogP contribution in [0, 0.1) is 5.92 Å². The molecule has 2 aliphatic rings. The molecule has 2 amide bonds. The first-order valence-electron chi connectivity index (χ1n) is 9.30. The van der Waals surface area contributed by atoms with Gasteiger partial charge in [0.05, 0.1) is 13.0 Å². The number of hydrogen-bond donors (Lipinski definition) is 2. The van der Waals surface area contributed by atoms with E-state index in [0.717, 1.165) is 5.01 Å². The fourth-order valence-electron chi connectivity index (χ4n) is 2.85. The lowest BCUT2D eigenvalue weighted by Gasteiger charge is -2.27. The van der Waals surface area contributed by atoms with Crippen molar-refractivity contribution in [2.75, 3.05) is 5.75 Å². The molecule has 3 atom stereocenters. The lowest BCUT2D eigenvalue weighted by molar-refractivity contribution is -0.153. The molecule has 3 rings (SSSR count). The Morgan fingerprint density at radius 3 is 2.83 bits per heavy atom. The van der Waals surface area contributed by atoms with E-state index in [2.05, 4.69) is 27.2 Å². The molecule has 0 saturated heterocycles. The van der Waals surface area contributed by atoms with Crippen molar-refractivity contribution >= 4 is 45.9 Å². The number of carbonyl (C=O) groups is 3. The van der Waals surface area contributed by atoms with Crippen LogP contribution in [0.4, 0.5) is 0 Å². The third-order valence-electron chi connectivity index (χ3n) is 4.66. The molecule has 3 heterocycles. The Hall–Kier alpha value is -2.20. The number of fused-ring (bicyclic) bond motifs is 4. The summed E-state index contributed by atoms with van der Waals surface area (Å²) >= 11 is 2.87. The Morgan fingerprint density at radius 1 is 1.38 bits per heavy atom. The fourth-order valence-corrected chi connectivity index (χ4v) is 4.78. The Morgan fingerprint density at radius 2 is 2.14 bits per heavy atom. The molecule has 10 heteroatoms. The van der Waals surface area contributed by atoms with Crippen molar-refractivity contribution in [1.29, 1.82) is 0 Å². The van der Waals surface area contributed by atoms with Crippen LogP contribution in [0.2, 0.25) is 0 Å². The molecule has 0 fully saturated rings. The summed E-state index contributed by atoms with van der Waals surface area (Å²) in [7, 11) is 0. The van der Waals surface area contributed by atoms with Gasteiger partial charge in [0.15, 0.2) is 0 Å². The van der Waals surface area contributed by atoms with Gasteiger partial charge in [0.1, 0.15) is 33.4 Å². The number of carbonyl (C=O) groups excluding carboxylic acids is 3. The van der Waals surface area contributed by atoms with Crippen molar-refractivity contribution in [3.8, 4) is 0 Å². The average Bonchev–Trinajstić information content (AvgIpc) is 3.30. The summed E-state index contributed by atoms with van der Waals surface area (Å²) in [5, 5.41) is 8.85. The number of amides is 2. The molecule has 8 nitrogen and oxygen atoms in total. The summed E-state index contributed by atoms with van der Waals surface area (Å²) in [6.07, 6.45) is 0.571. The number of thioether (sulfide) groups is 1. The van der Waals surface area contributed by atoms with Crippen LogP contribution < -0.4 is 10.6 Å². The summed E-state index contributed by atoms with van der Waals surface area (Å²) in [6.45, 7) is 9.29. The van der Waals surface area contributed by atoms with Gasteiger partial charge < -0.3 is 15.4 Å². The highest BCUT2D eigenvalue weighted by Gasteiger charge is 2.41. The summed E-state index contributed by atoms with van der Waals surface area (Å²) in [5.41, 5.74) is -0.308. The van der Waals surface area contributed by atoms with Gasteiger partial charge in [-0.1, -0.05) is 26.5 Å². The normalized spacial score (nSPS) is 28.4. The number of cyclic esters (lactones) is 1. The standard InChI is InChI=1S/C19H24N4O4S2/c1-5-11-6-13(24)20-7-14-21-12(8-28-14)16-23-19(4,9-29-16)18(26)22-15(10(2)3)17(25)27-11/h5,8,10-11,15H,1,6-7,9H2,2-4H3,(H,20,24)(H,22,26)/t11?,15?,19-/m0/s1. The van der Waals surface area contributed by atoms with Gasteiger partial charge in [-0.05, 0) is 12.8 Å². The second-order valence-electron chi connectivity index (χ2n) is 7.49. The maximum Gasteiger partial charge on any atom is 0.329 e. The fraction of sp³-hybridized carbons (Fsp3) is 0.526. The van der Waals surface area contributed by atoms with Gasteiger partial charge in [-0.25, -0.2) is 9.78 Å². The van der Waals surface area contributed by atoms with E-state index in [4.69, 9.17) is 4.74 Å². The van der Waals surface area contributed by atoms with E-state index in [0.29, 0.717) is 16.5 Å². The Bertz CT molecular complexity index is 866. The first kappa shape index (κ1) is 21.5. The lowest BCUT2D eigenvalue weighted by atomic mass is 10.0. The van der Waals surface area contributed by atoms with Gasteiger partial charge in [0.2, 0.25) is 11.8 Å². The van der Waals surface area contributed by atoms with Gasteiger partial charge in [0.25, 0.3) is 0 Å². The van der Waals surface area contributed by atoms with Crippen molar-refractivity contribution in [2.45, 2.75) is 51.4 Å². The van der Waals surface area contributed by atoms with Crippen LogP contribution in [-0.2, 0) is 25.7 Å². The highest BCUT2D eigenvalue weighted by molar-refractivity contribution is 8.14. The topological polar surface area (TPSA) is 110 Å². The molecule has 0 saturated carbocycles. The molecule has 156 valence electrons. The maximum atomic E-state index is 13.0. The van der Waals surface area contributed by atoms with E-state index >= 15 is 0 Å². The first-order chi connectivity index (χ1) is 13.7. The van der Waals surface area contributed by atoms with Crippen molar-refractivity contribution in [3.63, 3.8) is 0 Å². The third-order valence-corrected chi connectivity index (χ3v) is 6.79. The predicted molar refractivity (Wildman–Crippen MR) is 113 cm³/mol. The highest BCUT2D eigenvalue weighted by Crippen LogP contribution is 2.32. The molecule has 1 aromatic rings. The van der Waals surface area contributed by atoms with Gasteiger partial charge in [-0.2, -0.15) is 0 Å². The number of nitrogens with one attached hydrogen (secondary N) is 2. The quantitative estimate of drug-likeness (QED) is 0.539. The zero-order valence-corrected chi connectivity index (χ0v) is 18.2. The summed E-state index contributed by atoms with van der Waals surface area (Å²) in [5.74, 6) is -0.971. The lowest BCUT2D eigenvalue weighted by Crippen LogP contribution is -2.53. The molecular formula is C19H24N4O4S2. The molecule has 0 aliphatic carbocycles. The molecule has 0 radical (unpaired) electrons. The van der Waals surface area contributed by atoms with Crippen LogP contribution in [0.5, 0.6) is 0 Å². The van der Waals surface area contributed by atoms with E-state index in [1.807, 2.05) is 19.2 Å². The number of nitrogens with zero attached hydrogens (tertiary/aromatic N) is 2. The zero-order valence-electron chi connectivity index (χ0n) is 16.6. The van der Waals surface area contributed by atoms with Crippen molar-refractivity contribution < 1.29 is 19.1 Å². The van der Waals surface area contributed by atoms with Gasteiger partial charge >= 0.3 is 5.97 Å². The third kappa shape index (κ3) is 4.87. The maximum absolute atomic E-state index is 13.0. The van der Waals surface area contributed by atoms with Gasteiger partial charge in [0, 0.05) is 11.1 Å². The smallest absolute Gasteiger partial charge is 0.329 e. The van der Waals surface area contributed by atoms with Crippen LogP contribution >= 0.6 is 23.1 Å². The molecule has 2 N–H and O–H groups in total. The number of thiazole rings is 1. The molecule has 29 heavy (non-hydrogen) atoms. The van der Waals surface area contributed by atoms with Crippen LogP contribution in [-0.4, -0.2) is 51.2 Å². The van der Waals surface area contributed by atoms with Crippen LogP contribution in [0.3, 0.4) is 0 Å². The Kier molecular flexibility index (Phi) is 6.42. The van der Waals surface area contributed by atoms with Crippen molar-refractivity contribution in [3.05, 3.63) is 28.7 Å². The first-order valence-corrected chi connectivity index (χ1v) is 11.2. The summed E-state index contributed by atoms with van der Waals surface area (Å²) in [4.78, 5) is 47.0. The minimum absolute atomic E-state index is 0.0491. The monoisotopic (exact) mass is 436 g/mol. The van der Waals surface area contributed by atoms with E-state index < -0.39 is 23.7 Å². The highest BCUT2D eigenvalue weighted by atomic mass is 32.2. The van der Waals surface area contributed by atoms with E-state index in [1.54, 1.807) is 6.92 Å². The van der Waals surface area contributed by atoms with E-state index in [-0.39, 0.29) is 30.7 Å². The molecule has 0 aromatic carbocycles. The number of aromatic nitrogens is 1. The number of esters is 1. The van der Waals surface area contributed by atoms with Crippen LogP contribution in [0.1, 0.15) is 37.9 Å². The van der Waals surface area contributed by atoms with Crippen LogP contribution in [0.15, 0.2) is 23.0 Å². The predicted octanol–water partition coefficient (Wildman–Crippen LogP) is 1.65. The summed E-state index contributed by atoms with van der Waals surface area (Å²) in [6, 6.07) is -0.854. The second-order valence-corrected chi connectivity index (χ2v) is 9.40. The van der Waals surface area contributed by atoms with Gasteiger partial charge in [-0.3, -0.25) is 14.6 Å². The molecule has 1 aromatic heterocycles. The Balaban J connectivity index is 1.94. The SMILES string of the molecule is C=CC1CC(=O)NCc2nc(cs2)C2=N[C@@](C)(CS2)C(=O)NC(C(C)C)C(=O)O1. The molecular weight excluding hydrogens is 412 g/mol. The number of hydrogen-bond acceptors (Lipinski definition) is 8. The minimum Gasteiger partial charge on any atom is -0.456 e. The average molecular weight is 437 g/mol. The Labute approximate surface area is 177 Å². The van der Waals surface area contributed by atoms with Crippen molar-refractivity contribution in [1.82, 2.24) is 15.6 Å². The number of rotatable bonds is 2. The van der Waals surface area contributed by atoms with Crippen LogP contribution in [0.25, 0.3) is 0 Å². The molecule has 2 unspecified atom stereocenters. The zero-order chi connectivity index (χ0) is 21.2. The number of aliphatic imine (C=N–C) groups is 1. The van der Waals surface area contributed by atoms with Crippen molar-refractivity contribution in [2.24, 2.45) is 10.9 Å². The van der Waals surface area contributed by atoms with Gasteiger partial charge in [-0.15, -0.1) is 23.1 Å². The largest absolute Gasteiger partial charge is 0.456 e. The van der Waals surface area contributed by atoms with E-state index in [9.17, 15) is 14.4 Å². The molecule has 4 bridgehead atoms. The van der Waals surface area contributed by atoms with E-state index in [1.165, 1.54) is 29.2 Å². The molecule has 2 aliphatic heterocycles. The summed E-state index contributed by atoms with van der Waals surface area (Å²) < 4.78 is 5.45.